The van der Waals surface area contributed by atoms with Gasteiger partial charge in [-0.3, -0.25) is 9.59 Å². The molecule has 196 valence electrons. The third kappa shape index (κ3) is 8.99. The highest BCUT2D eigenvalue weighted by Crippen LogP contribution is 2.23. The molecule has 0 aliphatic carbocycles. The molecule has 0 saturated carbocycles. The SMILES string of the molecule is CCCCCCCOc1ccc(-c2cnc(-c3ccc(CC(NC)C(=O)NCC(=O)O)cc3)nc2)cc1. The van der Waals surface area contributed by atoms with E-state index < -0.39 is 18.6 Å². The Morgan fingerprint density at radius 3 is 2.16 bits per heavy atom. The fourth-order valence-corrected chi connectivity index (χ4v) is 3.90. The van der Waals surface area contributed by atoms with Gasteiger partial charge in [-0.05, 0) is 43.1 Å². The maximum Gasteiger partial charge on any atom is 0.322 e. The molecule has 37 heavy (non-hydrogen) atoms. The van der Waals surface area contributed by atoms with E-state index in [2.05, 4.69) is 27.5 Å². The van der Waals surface area contributed by atoms with E-state index in [4.69, 9.17) is 9.84 Å². The Balaban J connectivity index is 1.54. The van der Waals surface area contributed by atoms with Gasteiger partial charge < -0.3 is 20.5 Å². The number of aliphatic carboxylic acids is 1. The quantitative estimate of drug-likeness (QED) is 0.261. The molecule has 8 nitrogen and oxygen atoms in total. The van der Waals surface area contributed by atoms with Gasteiger partial charge in [0.25, 0.3) is 0 Å². The number of carbonyl (C=O) groups excluding carboxylic acids is 1. The Hall–Kier alpha value is -3.78. The molecule has 3 aromatic rings. The van der Waals surface area contributed by atoms with Gasteiger partial charge in [0.1, 0.15) is 12.3 Å². The van der Waals surface area contributed by atoms with Crippen molar-refractivity contribution in [2.45, 2.75) is 51.5 Å². The summed E-state index contributed by atoms with van der Waals surface area (Å²) >= 11 is 0. The van der Waals surface area contributed by atoms with Crippen molar-refractivity contribution in [3.63, 3.8) is 0 Å². The molecule has 0 spiro atoms. The van der Waals surface area contributed by atoms with Gasteiger partial charge in [0.15, 0.2) is 5.82 Å². The van der Waals surface area contributed by atoms with Crippen LogP contribution in [0, 0.1) is 0 Å². The number of likely N-dealkylation sites (N-methyl/N-ethyl adjacent to an activating group) is 1. The van der Waals surface area contributed by atoms with Crippen LogP contribution in [0.15, 0.2) is 60.9 Å². The predicted molar refractivity (Wildman–Crippen MR) is 144 cm³/mol. The predicted octanol–water partition coefficient (Wildman–Crippen LogP) is 4.49. The molecule has 1 heterocycles. The first kappa shape index (κ1) is 27.8. The van der Waals surface area contributed by atoms with E-state index in [-0.39, 0.29) is 5.91 Å². The number of ether oxygens (including phenoxy) is 1. The highest BCUT2D eigenvalue weighted by molar-refractivity contribution is 5.85. The van der Waals surface area contributed by atoms with Gasteiger partial charge in [0, 0.05) is 23.5 Å². The zero-order valence-electron chi connectivity index (χ0n) is 21.6. The van der Waals surface area contributed by atoms with Crippen molar-refractivity contribution in [1.29, 1.82) is 0 Å². The van der Waals surface area contributed by atoms with Crippen LogP contribution in [0.2, 0.25) is 0 Å². The van der Waals surface area contributed by atoms with Crippen molar-refractivity contribution in [2.75, 3.05) is 20.2 Å². The number of hydrogen-bond donors (Lipinski definition) is 3. The zero-order chi connectivity index (χ0) is 26.5. The smallest absolute Gasteiger partial charge is 0.322 e. The fraction of sp³-hybridized carbons (Fsp3) is 0.379. The van der Waals surface area contributed by atoms with Gasteiger partial charge in [0.2, 0.25) is 5.91 Å². The third-order valence-electron chi connectivity index (χ3n) is 6.09. The molecule has 1 atom stereocenters. The summed E-state index contributed by atoms with van der Waals surface area (Å²) in [6, 6.07) is 15.1. The number of nitrogens with zero attached hydrogens (tertiary/aromatic N) is 2. The van der Waals surface area contributed by atoms with Crippen LogP contribution in [0.4, 0.5) is 0 Å². The summed E-state index contributed by atoms with van der Waals surface area (Å²) in [5.41, 5.74) is 3.76. The lowest BCUT2D eigenvalue weighted by atomic mass is 10.0. The third-order valence-corrected chi connectivity index (χ3v) is 6.09. The second-order valence-corrected chi connectivity index (χ2v) is 8.94. The summed E-state index contributed by atoms with van der Waals surface area (Å²) in [7, 11) is 1.67. The van der Waals surface area contributed by atoms with E-state index in [1.807, 2.05) is 60.9 Å². The van der Waals surface area contributed by atoms with Gasteiger partial charge >= 0.3 is 5.97 Å². The lowest BCUT2D eigenvalue weighted by Gasteiger charge is -2.15. The standard InChI is InChI=1S/C29H36N4O4/c1-3-4-5-6-7-16-37-25-14-12-22(13-15-25)24-18-31-28(32-19-24)23-10-8-21(9-11-23)17-26(30-2)29(36)33-20-27(34)35/h8-15,18-19,26,30H,3-7,16-17,20H2,1-2H3,(H,33,36)(H,34,35). The van der Waals surface area contributed by atoms with Crippen LogP contribution in [0.1, 0.15) is 44.6 Å². The van der Waals surface area contributed by atoms with Crippen molar-refractivity contribution in [2.24, 2.45) is 0 Å². The monoisotopic (exact) mass is 504 g/mol. The number of benzene rings is 2. The molecule has 0 aliphatic rings. The lowest BCUT2D eigenvalue weighted by molar-refractivity contribution is -0.138. The second kappa shape index (κ2) is 14.7. The largest absolute Gasteiger partial charge is 0.494 e. The summed E-state index contributed by atoms with van der Waals surface area (Å²) in [5, 5.41) is 14.1. The molecule has 0 saturated heterocycles. The first-order valence-corrected chi connectivity index (χ1v) is 12.8. The Kier molecular flexibility index (Phi) is 11.0. The Morgan fingerprint density at radius 2 is 1.54 bits per heavy atom. The number of carboxylic acids is 1. The summed E-state index contributed by atoms with van der Waals surface area (Å²) in [6.45, 7) is 2.56. The molecule has 3 rings (SSSR count). The normalized spacial score (nSPS) is 11.6. The van der Waals surface area contributed by atoms with Crippen LogP contribution < -0.4 is 15.4 Å². The summed E-state index contributed by atoms with van der Waals surface area (Å²) in [4.78, 5) is 31.9. The summed E-state index contributed by atoms with van der Waals surface area (Å²) < 4.78 is 5.85. The highest BCUT2D eigenvalue weighted by atomic mass is 16.5. The lowest BCUT2D eigenvalue weighted by Crippen LogP contribution is -2.45. The molecule has 2 aromatic carbocycles. The fourth-order valence-electron chi connectivity index (χ4n) is 3.90. The molecule has 0 bridgehead atoms. The molecule has 1 amide bonds. The highest BCUT2D eigenvalue weighted by Gasteiger charge is 2.17. The maximum atomic E-state index is 12.2. The second-order valence-electron chi connectivity index (χ2n) is 8.94. The van der Waals surface area contributed by atoms with E-state index in [1.54, 1.807) is 7.05 Å². The summed E-state index contributed by atoms with van der Waals surface area (Å²) in [6.07, 6.45) is 10.1. The number of carboxylic acid groups (broad SMARTS) is 1. The average molecular weight is 505 g/mol. The van der Waals surface area contributed by atoms with Crippen LogP contribution in [0.5, 0.6) is 5.75 Å². The van der Waals surface area contributed by atoms with E-state index in [9.17, 15) is 9.59 Å². The van der Waals surface area contributed by atoms with E-state index in [1.165, 1.54) is 25.7 Å². The molecule has 3 N–H and O–H groups in total. The minimum absolute atomic E-state index is 0.352. The van der Waals surface area contributed by atoms with Crippen molar-refractivity contribution in [3.05, 3.63) is 66.5 Å². The number of amides is 1. The number of carbonyl (C=O) groups is 2. The molecule has 0 radical (unpaired) electrons. The molecule has 1 unspecified atom stereocenters. The molecular weight excluding hydrogens is 468 g/mol. The Bertz CT molecular complexity index is 1120. The van der Waals surface area contributed by atoms with Crippen molar-refractivity contribution in [1.82, 2.24) is 20.6 Å². The van der Waals surface area contributed by atoms with Crippen molar-refractivity contribution >= 4 is 11.9 Å². The molecule has 1 aromatic heterocycles. The van der Waals surface area contributed by atoms with Crippen LogP contribution in [0.3, 0.4) is 0 Å². The van der Waals surface area contributed by atoms with Crippen LogP contribution in [0.25, 0.3) is 22.5 Å². The summed E-state index contributed by atoms with van der Waals surface area (Å²) in [5.74, 6) is 0.0578. The molecule has 0 fully saturated rings. The molecule has 8 heteroatoms. The first-order chi connectivity index (χ1) is 18.0. The molecule has 0 aliphatic heterocycles. The number of rotatable bonds is 15. The Labute approximate surface area is 218 Å². The van der Waals surface area contributed by atoms with Crippen LogP contribution in [-0.4, -0.2) is 53.2 Å². The van der Waals surface area contributed by atoms with Gasteiger partial charge in [-0.25, -0.2) is 9.97 Å². The zero-order valence-corrected chi connectivity index (χ0v) is 21.6. The minimum atomic E-state index is -1.08. The van der Waals surface area contributed by atoms with Gasteiger partial charge in [-0.15, -0.1) is 0 Å². The Morgan fingerprint density at radius 1 is 0.892 bits per heavy atom. The van der Waals surface area contributed by atoms with Crippen molar-refractivity contribution in [3.8, 4) is 28.3 Å². The minimum Gasteiger partial charge on any atom is -0.494 e. The van der Waals surface area contributed by atoms with Crippen LogP contribution >= 0.6 is 0 Å². The van der Waals surface area contributed by atoms with Gasteiger partial charge in [0.05, 0.1) is 12.6 Å². The van der Waals surface area contributed by atoms with E-state index in [0.717, 1.165) is 41.0 Å². The van der Waals surface area contributed by atoms with E-state index in [0.29, 0.717) is 12.2 Å². The number of hydrogen-bond acceptors (Lipinski definition) is 6. The molecular formula is C29H36N4O4. The number of unbranched alkanes of at least 4 members (excludes halogenated alkanes) is 4. The number of nitrogens with one attached hydrogen (secondary N) is 2. The average Bonchev–Trinajstić information content (AvgIpc) is 2.93. The maximum absolute atomic E-state index is 12.2. The van der Waals surface area contributed by atoms with Crippen LogP contribution in [-0.2, 0) is 16.0 Å². The van der Waals surface area contributed by atoms with E-state index >= 15 is 0 Å². The first-order valence-electron chi connectivity index (χ1n) is 12.8. The van der Waals surface area contributed by atoms with Gasteiger partial charge in [-0.1, -0.05) is 69.0 Å². The topological polar surface area (TPSA) is 113 Å². The van der Waals surface area contributed by atoms with Gasteiger partial charge in [-0.2, -0.15) is 0 Å². The van der Waals surface area contributed by atoms with Crippen molar-refractivity contribution < 1.29 is 19.4 Å². The number of aromatic nitrogens is 2.